The highest BCUT2D eigenvalue weighted by Crippen LogP contribution is 1.90. The summed E-state index contributed by atoms with van der Waals surface area (Å²) in [6.07, 6.45) is -2.14. The van der Waals surface area contributed by atoms with Gasteiger partial charge in [0.25, 0.3) is 0 Å². The molecule has 9 nitrogen and oxygen atoms in total. The summed E-state index contributed by atoms with van der Waals surface area (Å²) in [7, 11) is 0. The van der Waals surface area contributed by atoms with Crippen LogP contribution in [0.4, 0.5) is 0 Å². The summed E-state index contributed by atoms with van der Waals surface area (Å²) in [4.78, 5) is 24.9. The van der Waals surface area contributed by atoms with Gasteiger partial charge in [0.1, 0.15) is 4.92 Å². The minimum Gasteiger partial charge on any atom is -0.601 e. The Balaban J connectivity index is 3.71. The molecule has 1 atom stereocenters. The Hall–Kier alpha value is -1.32. The first-order chi connectivity index (χ1) is 4.72. The second-order valence-corrected chi connectivity index (χ2v) is 1.00. The van der Waals surface area contributed by atoms with Gasteiger partial charge in [0.2, 0.25) is 0 Å². The standard InChI is InChI=1S/CH3N3O6/c5-2-9-1(4(7)8)10-3-6/h1H,2H2. The van der Waals surface area contributed by atoms with Gasteiger partial charge in [-0.3, -0.25) is 15.0 Å². The van der Waals surface area contributed by atoms with Crippen molar-refractivity contribution in [2.45, 2.75) is 6.41 Å². The zero-order valence-electron chi connectivity index (χ0n) is 4.50. The molecular weight excluding hydrogens is 150 g/mol. The van der Waals surface area contributed by atoms with Crippen LogP contribution in [0.15, 0.2) is 5.34 Å². The van der Waals surface area contributed by atoms with Gasteiger partial charge in [0, 0.05) is 0 Å². The van der Waals surface area contributed by atoms with Gasteiger partial charge in [0.05, 0.1) is 0 Å². The maximum Gasteiger partial charge on any atom is 0.538 e. The highest BCUT2D eigenvalue weighted by atomic mass is 17.0. The van der Waals surface area contributed by atoms with Crippen LogP contribution in [-0.2, 0) is 9.68 Å². The van der Waals surface area contributed by atoms with Gasteiger partial charge in [0.15, 0.2) is 5.34 Å². The van der Waals surface area contributed by atoms with Crippen molar-refractivity contribution >= 4 is 0 Å². The first kappa shape index (κ1) is 8.68. The minimum absolute atomic E-state index is 0.224. The normalized spacial score (nSPS) is 12.1. The molecule has 1 unspecified atom stereocenters. The molecule has 0 heterocycles. The Kier molecular flexibility index (Phi) is 3.95. The summed E-state index contributed by atoms with van der Waals surface area (Å²) in [6, 6.07) is 0. The average Bonchev–Trinajstić information content (AvgIpc) is 1.87. The van der Waals surface area contributed by atoms with Gasteiger partial charge in [-0.15, -0.1) is 4.91 Å². The van der Waals surface area contributed by atoms with Crippen molar-refractivity contribution in [3.63, 3.8) is 0 Å². The van der Waals surface area contributed by atoms with E-state index in [0.29, 0.717) is 0 Å². The first-order valence-electron chi connectivity index (χ1n) is 1.93. The van der Waals surface area contributed by atoms with E-state index in [1.54, 1.807) is 5.34 Å². The molecule has 2 N–H and O–H groups in total. The molecule has 0 aromatic rings. The van der Waals surface area contributed by atoms with Gasteiger partial charge >= 0.3 is 6.41 Å². The summed E-state index contributed by atoms with van der Waals surface area (Å²) < 4.78 is 0. The van der Waals surface area contributed by atoms with Crippen LogP contribution in [0, 0.1) is 20.2 Å². The van der Waals surface area contributed by atoms with Crippen molar-refractivity contribution in [1.29, 1.82) is 0 Å². The van der Waals surface area contributed by atoms with Crippen molar-refractivity contribution in [1.82, 2.24) is 0 Å². The second kappa shape index (κ2) is 4.55. The van der Waals surface area contributed by atoms with Crippen molar-refractivity contribution in [2.75, 3.05) is 0 Å². The van der Waals surface area contributed by atoms with Crippen molar-refractivity contribution in [3.8, 4) is 0 Å². The van der Waals surface area contributed by atoms with E-state index in [9.17, 15) is 20.2 Å². The molecule has 0 amide bonds. The molecule has 0 spiro atoms. The Morgan fingerprint density at radius 1 is 1.70 bits per heavy atom. The quantitative estimate of drug-likeness (QED) is 0.215. The maximum absolute atomic E-state index is 9.68. The van der Waals surface area contributed by atoms with E-state index in [4.69, 9.17) is 0 Å². The summed E-state index contributed by atoms with van der Waals surface area (Å²) in [6.45, 7) is 0. The first-order valence-corrected chi connectivity index (χ1v) is 1.93. The fourth-order valence-corrected chi connectivity index (χ4v) is 0.197. The second-order valence-electron chi connectivity index (χ2n) is 1.00. The van der Waals surface area contributed by atoms with Gasteiger partial charge in [-0.25, -0.2) is 5.64 Å². The van der Waals surface area contributed by atoms with E-state index in [1.165, 1.54) is 0 Å². The molecule has 0 radical (unpaired) electrons. The van der Waals surface area contributed by atoms with Crippen LogP contribution in [0.3, 0.4) is 0 Å². The predicted molar refractivity (Wildman–Crippen MR) is 24.0 cm³/mol. The highest BCUT2D eigenvalue weighted by Gasteiger charge is 2.24. The van der Waals surface area contributed by atoms with Gasteiger partial charge in [-0.2, -0.15) is 0 Å². The topological polar surface area (TPSA) is 131 Å². The molecule has 0 saturated carbocycles. The SMILES string of the molecule is O=NOC(O[NH2+][O-])[N+](=O)[O-]. The molecular formula is CH3N3O6. The van der Waals surface area contributed by atoms with Crippen molar-refractivity contribution in [2.24, 2.45) is 5.34 Å². The number of hydrogen-bond donors (Lipinski definition) is 1. The molecule has 0 aliphatic heterocycles. The summed E-state index contributed by atoms with van der Waals surface area (Å²) in [5, 5.41) is 20.8. The van der Waals surface area contributed by atoms with Crippen LogP contribution in [0.2, 0.25) is 0 Å². The molecule has 0 aromatic carbocycles. The van der Waals surface area contributed by atoms with E-state index in [1.807, 2.05) is 0 Å². The molecule has 0 rings (SSSR count). The highest BCUT2D eigenvalue weighted by molar-refractivity contribution is 4.13. The molecule has 58 valence electrons. The van der Waals surface area contributed by atoms with Crippen molar-refractivity contribution < 1.29 is 20.2 Å². The third-order valence-electron chi connectivity index (χ3n) is 0.477. The number of hydrogen-bond acceptors (Lipinski definition) is 7. The van der Waals surface area contributed by atoms with Crippen molar-refractivity contribution in [3.05, 3.63) is 20.2 Å². The van der Waals surface area contributed by atoms with Crippen LogP contribution in [0.25, 0.3) is 0 Å². The lowest BCUT2D eigenvalue weighted by molar-refractivity contribution is -0.917. The average molecular weight is 153 g/mol. The fourth-order valence-electron chi connectivity index (χ4n) is 0.197. The molecule has 9 heteroatoms. The molecule has 10 heavy (non-hydrogen) atoms. The molecule has 0 bridgehead atoms. The predicted octanol–water partition coefficient (Wildman–Crippen LogP) is -1.76. The lowest BCUT2D eigenvalue weighted by Crippen LogP contribution is -2.78. The van der Waals surface area contributed by atoms with Gasteiger partial charge in [-0.1, -0.05) is 4.84 Å². The van der Waals surface area contributed by atoms with Crippen LogP contribution < -0.4 is 5.64 Å². The molecule has 0 fully saturated rings. The summed E-state index contributed by atoms with van der Waals surface area (Å²) in [5.41, 5.74) is -0.224. The zero-order valence-corrected chi connectivity index (χ0v) is 4.50. The van der Waals surface area contributed by atoms with Crippen LogP contribution in [0.5, 0.6) is 0 Å². The molecule has 0 aromatic heterocycles. The number of nitro groups is 1. The summed E-state index contributed by atoms with van der Waals surface area (Å²) in [5.74, 6) is 0. The summed E-state index contributed by atoms with van der Waals surface area (Å²) >= 11 is 0. The largest absolute Gasteiger partial charge is 0.601 e. The monoisotopic (exact) mass is 153 g/mol. The molecule has 0 aliphatic rings. The third-order valence-corrected chi connectivity index (χ3v) is 0.477. The van der Waals surface area contributed by atoms with Crippen LogP contribution in [-0.4, -0.2) is 11.3 Å². The lowest BCUT2D eigenvalue weighted by Gasteiger charge is -2.02. The zero-order chi connectivity index (χ0) is 7.98. The lowest BCUT2D eigenvalue weighted by atomic mass is 11.2. The molecule has 0 aliphatic carbocycles. The van der Waals surface area contributed by atoms with Crippen LogP contribution >= 0.6 is 0 Å². The third kappa shape index (κ3) is 2.86. The van der Waals surface area contributed by atoms with E-state index in [2.05, 4.69) is 9.68 Å². The van der Waals surface area contributed by atoms with E-state index in [-0.39, 0.29) is 5.64 Å². The Bertz CT molecular complexity index is 124. The molecule has 0 saturated heterocycles. The van der Waals surface area contributed by atoms with E-state index >= 15 is 0 Å². The Labute approximate surface area is 53.5 Å². The Morgan fingerprint density at radius 2 is 2.30 bits per heavy atom. The maximum atomic E-state index is 9.68. The van der Waals surface area contributed by atoms with E-state index < -0.39 is 11.3 Å². The van der Waals surface area contributed by atoms with Gasteiger partial charge in [-0.05, 0) is 0 Å². The number of nitrogens with zero attached hydrogens (tertiary/aromatic N) is 2. The van der Waals surface area contributed by atoms with Gasteiger partial charge < -0.3 is 5.21 Å². The fraction of sp³-hybridized carbons (Fsp3) is 1.00. The number of quaternary nitrogens is 1. The number of rotatable bonds is 5. The number of nitrogens with two attached hydrogens (primary N) is 1. The minimum atomic E-state index is -2.14. The smallest absolute Gasteiger partial charge is 0.538 e. The Morgan fingerprint density at radius 3 is 2.60 bits per heavy atom. The van der Waals surface area contributed by atoms with E-state index in [0.717, 1.165) is 0 Å². The van der Waals surface area contributed by atoms with Crippen LogP contribution in [0.1, 0.15) is 0 Å².